The Morgan fingerprint density at radius 3 is 2.47 bits per heavy atom. The van der Waals surface area contributed by atoms with Gasteiger partial charge in [0, 0.05) is 6.04 Å². The zero-order valence-corrected chi connectivity index (χ0v) is 11.9. The predicted octanol–water partition coefficient (Wildman–Crippen LogP) is 3.24. The van der Waals surface area contributed by atoms with Crippen molar-refractivity contribution in [1.82, 2.24) is 5.32 Å². The molecule has 106 valence electrons. The fraction of sp³-hybridized carbons (Fsp3) is 0.562. The molecule has 2 N–H and O–H groups in total. The summed E-state index contributed by atoms with van der Waals surface area (Å²) in [7, 11) is 0. The van der Waals surface area contributed by atoms with Gasteiger partial charge in [0.15, 0.2) is 0 Å². The molecule has 0 spiro atoms. The first-order chi connectivity index (χ1) is 9.17. The minimum atomic E-state index is -0.736. The summed E-state index contributed by atoms with van der Waals surface area (Å²) in [5.41, 5.74) is 1.25. The molecule has 0 amide bonds. The largest absolute Gasteiger partial charge is 0.480 e. The van der Waals surface area contributed by atoms with Crippen molar-refractivity contribution in [1.29, 1.82) is 0 Å². The number of hydrogen-bond donors (Lipinski definition) is 2. The molecule has 3 heteroatoms. The van der Waals surface area contributed by atoms with Gasteiger partial charge < -0.3 is 10.4 Å². The first-order valence-corrected chi connectivity index (χ1v) is 7.20. The van der Waals surface area contributed by atoms with Crippen LogP contribution in [-0.2, 0) is 11.2 Å². The zero-order chi connectivity index (χ0) is 14.1. The van der Waals surface area contributed by atoms with Gasteiger partial charge in [-0.2, -0.15) is 0 Å². The Bertz CT molecular complexity index is 364. The molecule has 0 saturated carbocycles. The smallest absolute Gasteiger partial charge is 0.320 e. The maximum Gasteiger partial charge on any atom is 0.320 e. The van der Waals surface area contributed by atoms with E-state index in [9.17, 15) is 9.90 Å². The number of hydrogen-bond acceptors (Lipinski definition) is 2. The molecule has 0 aliphatic heterocycles. The molecule has 0 aliphatic carbocycles. The summed E-state index contributed by atoms with van der Waals surface area (Å²) in [4.78, 5) is 11.2. The highest BCUT2D eigenvalue weighted by atomic mass is 16.4. The molecule has 1 unspecified atom stereocenters. The molecule has 2 atom stereocenters. The van der Waals surface area contributed by atoms with E-state index in [1.807, 2.05) is 18.2 Å². The Balaban J connectivity index is 2.56. The summed E-state index contributed by atoms with van der Waals surface area (Å²) in [6, 6.07) is 10.0. The molecule has 0 fully saturated rings. The summed E-state index contributed by atoms with van der Waals surface area (Å²) in [5, 5.41) is 12.5. The third kappa shape index (κ3) is 5.88. The summed E-state index contributed by atoms with van der Waals surface area (Å²) >= 11 is 0. The number of carboxylic acids is 1. The number of carbonyl (C=O) groups is 1. The fourth-order valence-corrected chi connectivity index (χ4v) is 2.19. The van der Waals surface area contributed by atoms with Crippen LogP contribution in [0.3, 0.4) is 0 Å². The monoisotopic (exact) mass is 263 g/mol. The van der Waals surface area contributed by atoms with E-state index in [2.05, 4.69) is 31.3 Å². The van der Waals surface area contributed by atoms with Crippen molar-refractivity contribution < 1.29 is 9.90 Å². The maximum absolute atomic E-state index is 11.2. The van der Waals surface area contributed by atoms with E-state index in [1.165, 1.54) is 5.56 Å². The topological polar surface area (TPSA) is 49.3 Å². The average Bonchev–Trinajstić information content (AvgIpc) is 2.42. The Hall–Kier alpha value is -1.35. The number of carboxylic acid groups (broad SMARTS) is 1. The second-order valence-corrected chi connectivity index (χ2v) is 4.99. The lowest BCUT2D eigenvalue weighted by Crippen LogP contribution is -2.44. The summed E-state index contributed by atoms with van der Waals surface area (Å²) < 4.78 is 0. The van der Waals surface area contributed by atoms with E-state index in [0.717, 1.165) is 25.7 Å². The Kier molecular flexibility index (Phi) is 7.19. The predicted molar refractivity (Wildman–Crippen MR) is 78.3 cm³/mol. The molecular formula is C16H25NO2. The molecule has 1 rings (SSSR count). The number of unbranched alkanes of at least 4 members (excludes halogenated alkanes) is 1. The standard InChI is InChI=1S/C16H25NO2/c1-3-5-11-15(16(18)19)17-14(4-2)12-13-9-7-6-8-10-13/h6-10,14-15,17H,3-5,11-12H2,1-2H3,(H,18,19)/t14?,15-/m0/s1. The molecule has 0 aliphatic rings. The third-order valence-corrected chi connectivity index (χ3v) is 3.40. The minimum absolute atomic E-state index is 0.223. The quantitative estimate of drug-likeness (QED) is 0.719. The summed E-state index contributed by atoms with van der Waals surface area (Å²) in [6.45, 7) is 4.18. The Morgan fingerprint density at radius 1 is 1.26 bits per heavy atom. The molecule has 1 aromatic rings. The van der Waals surface area contributed by atoms with E-state index in [0.29, 0.717) is 6.42 Å². The van der Waals surface area contributed by atoms with Gasteiger partial charge in [-0.15, -0.1) is 0 Å². The van der Waals surface area contributed by atoms with Crippen molar-refractivity contribution in [2.24, 2.45) is 0 Å². The lowest BCUT2D eigenvalue weighted by atomic mass is 10.0. The minimum Gasteiger partial charge on any atom is -0.480 e. The first kappa shape index (κ1) is 15.7. The lowest BCUT2D eigenvalue weighted by Gasteiger charge is -2.22. The molecule has 0 heterocycles. The molecule has 1 aromatic carbocycles. The highest BCUT2D eigenvalue weighted by Gasteiger charge is 2.20. The van der Waals surface area contributed by atoms with Gasteiger partial charge in [0.1, 0.15) is 6.04 Å². The van der Waals surface area contributed by atoms with Crippen LogP contribution < -0.4 is 5.32 Å². The van der Waals surface area contributed by atoms with E-state index < -0.39 is 12.0 Å². The van der Waals surface area contributed by atoms with Crippen molar-refractivity contribution in [2.75, 3.05) is 0 Å². The fourth-order valence-electron chi connectivity index (χ4n) is 2.19. The third-order valence-electron chi connectivity index (χ3n) is 3.40. The van der Waals surface area contributed by atoms with Crippen molar-refractivity contribution >= 4 is 5.97 Å². The van der Waals surface area contributed by atoms with Gasteiger partial charge >= 0.3 is 5.97 Å². The highest BCUT2D eigenvalue weighted by Crippen LogP contribution is 2.09. The van der Waals surface area contributed by atoms with Crippen LogP contribution in [0.4, 0.5) is 0 Å². The van der Waals surface area contributed by atoms with Crippen LogP contribution in [0.5, 0.6) is 0 Å². The summed E-state index contributed by atoms with van der Waals surface area (Å²) in [5.74, 6) is -0.736. The van der Waals surface area contributed by atoms with E-state index in [-0.39, 0.29) is 6.04 Å². The van der Waals surface area contributed by atoms with Gasteiger partial charge in [0.2, 0.25) is 0 Å². The summed E-state index contributed by atoms with van der Waals surface area (Å²) in [6.07, 6.45) is 4.50. The highest BCUT2D eigenvalue weighted by molar-refractivity contribution is 5.73. The van der Waals surface area contributed by atoms with E-state index in [4.69, 9.17) is 0 Å². The number of nitrogens with one attached hydrogen (secondary N) is 1. The average molecular weight is 263 g/mol. The van der Waals surface area contributed by atoms with Gasteiger partial charge in [-0.1, -0.05) is 57.0 Å². The molecule has 0 bridgehead atoms. The normalized spacial score (nSPS) is 14.0. The zero-order valence-electron chi connectivity index (χ0n) is 11.9. The molecule has 0 saturated heterocycles. The number of rotatable bonds is 9. The molecule has 0 aromatic heterocycles. The first-order valence-electron chi connectivity index (χ1n) is 7.20. The van der Waals surface area contributed by atoms with Gasteiger partial charge in [-0.3, -0.25) is 4.79 Å². The van der Waals surface area contributed by atoms with Crippen LogP contribution in [0.1, 0.15) is 45.1 Å². The van der Waals surface area contributed by atoms with Crippen molar-refractivity contribution in [3.8, 4) is 0 Å². The van der Waals surface area contributed by atoms with Gasteiger partial charge in [-0.25, -0.2) is 0 Å². The SMILES string of the molecule is CCCC[C@H](NC(CC)Cc1ccccc1)C(=O)O. The Labute approximate surface area is 116 Å². The number of benzene rings is 1. The van der Waals surface area contributed by atoms with E-state index >= 15 is 0 Å². The number of aliphatic carboxylic acids is 1. The van der Waals surface area contributed by atoms with Gasteiger partial charge in [0.25, 0.3) is 0 Å². The lowest BCUT2D eigenvalue weighted by molar-refractivity contribution is -0.139. The second-order valence-electron chi connectivity index (χ2n) is 4.99. The van der Waals surface area contributed by atoms with Crippen LogP contribution in [0.15, 0.2) is 30.3 Å². The molecule has 0 radical (unpaired) electrons. The Morgan fingerprint density at radius 2 is 1.95 bits per heavy atom. The van der Waals surface area contributed by atoms with Crippen LogP contribution in [0.2, 0.25) is 0 Å². The second kappa shape index (κ2) is 8.70. The van der Waals surface area contributed by atoms with Crippen LogP contribution in [0.25, 0.3) is 0 Å². The van der Waals surface area contributed by atoms with Gasteiger partial charge in [-0.05, 0) is 24.8 Å². The van der Waals surface area contributed by atoms with Crippen molar-refractivity contribution in [3.63, 3.8) is 0 Å². The van der Waals surface area contributed by atoms with Crippen LogP contribution in [-0.4, -0.2) is 23.2 Å². The van der Waals surface area contributed by atoms with Crippen molar-refractivity contribution in [2.45, 2.75) is 58.0 Å². The van der Waals surface area contributed by atoms with E-state index in [1.54, 1.807) is 0 Å². The molecule has 19 heavy (non-hydrogen) atoms. The van der Waals surface area contributed by atoms with Gasteiger partial charge in [0.05, 0.1) is 0 Å². The van der Waals surface area contributed by atoms with Crippen molar-refractivity contribution in [3.05, 3.63) is 35.9 Å². The molecule has 3 nitrogen and oxygen atoms in total. The van der Waals surface area contributed by atoms with Crippen LogP contribution in [0, 0.1) is 0 Å². The molecular weight excluding hydrogens is 238 g/mol. The maximum atomic E-state index is 11.2. The van der Waals surface area contributed by atoms with Crippen LogP contribution >= 0.6 is 0 Å².